The van der Waals surface area contributed by atoms with E-state index >= 15 is 0 Å². The van der Waals surface area contributed by atoms with Crippen LogP contribution in [-0.2, 0) is 6.54 Å². The fraction of sp³-hybridized carbons (Fsp3) is 0.533. The molecule has 2 saturated heterocycles. The quantitative estimate of drug-likeness (QED) is 0.943. The van der Waals surface area contributed by atoms with Gasteiger partial charge in [-0.25, -0.2) is 4.98 Å². The number of nitrogens with zero attached hydrogens (tertiary/aromatic N) is 2. The molecule has 0 bridgehead atoms. The lowest BCUT2D eigenvalue weighted by Gasteiger charge is -2.36. The SMILES string of the molecule is c1csc(-c2nc(CN3CCCC4CNCC43)co2)c1. The van der Waals surface area contributed by atoms with Gasteiger partial charge < -0.3 is 9.73 Å². The summed E-state index contributed by atoms with van der Waals surface area (Å²) in [5.74, 6) is 1.58. The summed E-state index contributed by atoms with van der Waals surface area (Å²) >= 11 is 1.67. The van der Waals surface area contributed by atoms with Gasteiger partial charge in [0.25, 0.3) is 0 Å². The predicted molar refractivity (Wildman–Crippen MR) is 79.6 cm³/mol. The molecule has 106 valence electrons. The number of fused-ring (bicyclic) bond motifs is 1. The van der Waals surface area contributed by atoms with Crippen molar-refractivity contribution >= 4 is 11.3 Å². The van der Waals surface area contributed by atoms with Crippen LogP contribution in [0.25, 0.3) is 10.8 Å². The van der Waals surface area contributed by atoms with Crippen molar-refractivity contribution in [1.29, 1.82) is 0 Å². The van der Waals surface area contributed by atoms with Crippen LogP contribution < -0.4 is 5.32 Å². The molecule has 0 aliphatic carbocycles. The molecule has 20 heavy (non-hydrogen) atoms. The van der Waals surface area contributed by atoms with Crippen molar-refractivity contribution in [3.63, 3.8) is 0 Å². The molecule has 1 N–H and O–H groups in total. The highest BCUT2D eigenvalue weighted by Crippen LogP contribution is 2.29. The number of likely N-dealkylation sites (tertiary alicyclic amines) is 1. The molecule has 0 spiro atoms. The monoisotopic (exact) mass is 289 g/mol. The maximum Gasteiger partial charge on any atom is 0.236 e. The molecule has 2 aliphatic heterocycles. The summed E-state index contributed by atoms with van der Waals surface area (Å²) in [7, 11) is 0. The Morgan fingerprint density at radius 3 is 3.35 bits per heavy atom. The zero-order chi connectivity index (χ0) is 13.4. The van der Waals surface area contributed by atoms with Crippen LogP contribution in [0.1, 0.15) is 18.5 Å². The third-order valence-electron chi connectivity index (χ3n) is 4.44. The maximum absolute atomic E-state index is 5.62. The Labute approximate surface area is 122 Å². The second-order valence-electron chi connectivity index (χ2n) is 5.72. The Morgan fingerprint density at radius 1 is 1.45 bits per heavy atom. The zero-order valence-electron chi connectivity index (χ0n) is 11.4. The number of thiophene rings is 1. The molecular formula is C15H19N3OS. The Morgan fingerprint density at radius 2 is 2.45 bits per heavy atom. The van der Waals surface area contributed by atoms with E-state index in [0.29, 0.717) is 6.04 Å². The fourth-order valence-corrected chi connectivity index (χ4v) is 4.12. The highest BCUT2D eigenvalue weighted by atomic mass is 32.1. The fourth-order valence-electron chi connectivity index (χ4n) is 3.46. The van der Waals surface area contributed by atoms with Gasteiger partial charge in [0.1, 0.15) is 6.26 Å². The van der Waals surface area contributed by atoms with Crippen molar-refractivity contribution < 1.29 is 4.42 Å². The van der Waals surface area contributed by atoms with Gasteiger partial charge in [-0.2, -0.15) is 0 Å². The van der Waals surface area contributed by atoms with Crippen molar-refractivity contribution in [3.8, 4) is 10.8 Å². The Hall–Kier alpha value is -1.17. The number of oxazole rings is 1. The summed E-state index contributed by atoms with van der Waals surface area (Å²) in [4.78, 5) is 8.32. The van der Waals surface area contributed by atoms with Crippen LogP contribution in [0.5, 0.6) is 0 Å². The average molecular weight is 289 g/mol. The lowest BCUT2D eigenvalue weighted by molar-refractivity contribution is 0.116. The van der Waals surface area contributed by atoms with E-state index in [2.05, 4.69) is 26.6 Å². The number of rotatable bonds is 3. The smallest absolute Gasteiger partial charge is 0.236 e. The molecule has 2 unspecified atom stereocenters. The Bertz CT molecular complexity index is 565. The topological polar surface area (TPSA) is 41.3 Å². The average Bonchev–Trinajstić information content (AvgIpc) is 3.20. The van der Waals surface area contributed by atoms with Crippen molar-refractivity contribution in [2.75, 3.05) is 19.6 Å². The molecule has 5 heteroatoms. The standard InChI is InChI=1S/C15H19N3OS/c1-3-11-7-16-8-13(11)18(5-1)9-12-10-19-15(17-12)14-4-2-6-20-14/h2,4,6,10-11,13,16H,1,3,5,7-9H2. The first kappa shape index (κ1) is 12.6. The molecule has 2 aromatic heterocycles. The zero-order valence-corrected chi connectivity index (χ0v) is 12.2. The molecule has 2 aliphatic rings. The molecule has 4 nitrogen and oxygen atoms in total. The minimum Gasteiger partial charge on any atom is -0.444 e. The highest BCUT2D eigenvalue weighted by molar-refractivity contribution is 7.13. The van der Waals surface area contributed by atoms with E-state index in [1.807, 2.05) is 12.3 Å². The van der Waals surface area contributed by atoms with Crippen LogP contribution in [0, 0.1) is 5.92 Å². The first-order chi connectivity index (χ1) is 9.90. The van der Waals surface area contributed by atoms with Crippen molar-refractivity contribution in [3.05, 3.63) is 29.5 Å². The molecule has 0 saturated carbocycles. The molecule has 2 aromatic rings. The number of hydrogen-bond acceptors (Lipinski definition) is 5. The van der Waals surface area contributed by atoms with Crippen LogP contribution >= 0.6 is 11.3 Å². The lowest BCUT2D eigenvalue weighted by Crippen LogP contribution is -2.44. The second kappa shape index (κ2) is 5.31. The van der Waals surface area contributed by atoms with Crippen molar-refractivity contribution in [2.24, 2.45) is 5.92 Å². The molecule has 0 amide bonds. The van der Waals surface area contributed by atoms with Gasteiger partial charge >= 0.3 is 0 Å². The maximum atomic E-state index is 5.62. The van der Waals surface area contributed by atoms with Gasteiger partial charge in [-0.05, 0) is 43.3 Å². The number of hydrogen-bond donors (Lipinski definition) is 1. The summed E-state index contributed by atoms with van der Waals surface area (Å²) < 4.78 is 5.62. The van der Waals surface area contributed by atoms with E-state index in [-0.39, 0.29) is 0 Å². The van der Waals surface area contributed by atoms with E-state index in [0.717, 1.165) is 35.5 Å². The molecule has 4 rings (SSSR count). The van der Waals surface area contributed by atoms with Crippen LogP contribution in [0.2, 0.25) is 0 Å². The normalized spacial score (nSPS) is 26.8. The van der Waals surface area contributed by atoms with Crippen LogP contribution in [0.3, 0.4) is 0 Å². The van der Waals surface area contributed by atoms with Crippen LogP contribution in [-0.4, -0.2) is 35.6 Å². The van der Waals surface area contributed by atoms with E-state index in [1.165, 1.54) is 25.9 Å². The van der Waals surface area contributed by atoms with Crippen LogP contribution in [0.15, 0.2) is 28.2 Å². The van der Waals surface area contributed by atoms with E-state index in [9.17, 15) is 0 Å². The van der Waals surface area contributed by atoms with Gasteiger partial charge in [0.05, 0.1) is 10.6 Å². The van der Waals surface area contributed by atoms with Gasteiger partial charge in [0, 0.05) is 19.1 Å². The first-order valence-electron chi connectivity index (χ1n) is 7.33. The summed E-state index contributed by atoms with van der Waals surface area (Å²) in [6, 6.07) is 4.77. The molecular weight excluding hydrogens is 270 g/mol. The summed E-state index contributed by atoms with van der Waals surface area (Å²) in [5, 5.41) is 5.58. The molecule has 0 radical (unpaired) electrons. The van der Waals surface area contributed by atoms with Crippen molar-refractivity contribution in [2.45, 2.75) is 25.4 Å². The largest absolute Gasteiger partial charge is 0.444 e. The Kier molecular flexibility index (Phi) is 3.34. The summed E-state index contributed by atoms with van der Waals surface area (Å²) in [6.45, 7) is 4.41. The molecule has 2 atom stereocenters. The second-order valence-corrected chi connectivity index (χ2v) is 6.67. The highest BCUT2D eigenvalue weighted by Gasteiger charge is 2.35. The molecule has 4 heterocycles. The van der Waals surface area contributed by atoms with Gasteiger partial charge in [0.15, 0.2) is 0 Å². The van der Waals surface area contributed by atoms with Crippen molar-refractivity contribution in [1.82, 2.24) is 15.2 Å². The van der Waals surface area contributed by atoms with E-state index < -0.39 is 0 Å². The van der Waals surface area contributed by atoms with Gasteiger partial charge in [-0.15, -0.1) is 11.3 Å². The summed E-state index contributed by atoms with van der Waals surface area (Å²) in [6.07, 6.45) is 4.49. The molecule has 2 fully saturated rings. The lowest BCUT2D eigenvalue weighted by atomic mass is 9.92. The minimum atomic E-state index is 0.686. The summed E-state index contributed by atoms with van der Waals surface area (Å²) in [5.41, 5.74) is 1.06. The molecule has 0 aromatic carbocycles. The number of piperidine rings is 1. The van der Waals surface area contributed by atoms with Gasteiger partial charge in [0.2, 0.25) is 5.89 Å². The van der Waals surface area contributed by atoms with Crippen LogP contribution in [0.4, 0.5) is 0 Å². The third-order valence-corrected chi connectivity index (χ3v) is 5.30. The Balaban J connectivity index is 1.48. The van der Waals surface area contributed by atoms with E-state index in [1.54, 1.807) is 11.3 Å². The third kappa shape index (κ3) is 2.30. The number of nitrogens with one attached hydrogen (secondary N) is 1. The predicted octanol–water partition coefficient (Wildman–Crippen LogP) is 2.59. The van der Waals surface area contributed by atoms with Gasteiger partial charge in [-0.3, -0.25) is 4.90 Å². The van der Waals surface area contributed by atoms with E-state index in [4.69, 9.17) is 4.42 Å². The minimum absolute atomic E-state index is 0.686. The first-order valence-corrected chi connectivity index (χ1v) is 8.21. The number of aromatic nitrogens is 1. The van der Waals surface area contributed by atoms with Gasteiger partial charge in [-0.1, -0.05) is 6.07 Å².